The quantitative estimate of drug-likeness (QED) is 0.255. The molecule has 0 bridgehead atoms. The summed E-state index contributed by atoms with van der Waals surface area (Å²) in [6, 6.07) is 4.70. The molecular weight excluding hydrogens is 544 g/mol. The SMILES string of the molecule is COC(=O)OC1CCCC(N(C2CCCCC2)C2CCC(C3CCC(N(C4CCCCC4)C4CCCC(C)C4)CC3)CC2)C1. The van der Waals surface area contributed by atoms with E-state index < -0.39 is 6.16 Å². The minimum absolute atomic E-state index is 0.0313. The molecule has 0 radical (unpaired) electrons. The molecule has 0 aromatic heterocycles. The van der Waals surface area contributed by atoms with E-state index >= 15 is 0 Å². The lowest BCUT2D eigenvalue weighted by Crippen LogP contribution is -2.54. The van der Waals surface area contributed by atoms with Crippen LogP contribution in [0.25, 0.3) is 0 Å². The molecule has 0 N–H and O–H groups in total. The van der Waals surface area contributed by atoms with Crippen molar-refractivity contribution in [1.82, 2.24) is 9.80 Å². The Kier molecular flexibility index (Phi) is 12.3. The summed E-state index contributed by atoms with van der Waals surface area (Å²) in [6.07, 6.45) is 35.8. The first-order chi connectivity index (χ1) is 21.6. The first kappa shape index (κ1) is 33.1. The van der Waals surface area contributed by atoms with Crippen molar-refractivity contribution in [3.8, 4) is 0 Å². The van der Waals surface area contributed by atoms with E-state index in [4.69, 9.17) is 9.47 Å². The van der Waals surface area contributed by atoms with Gasteiger partial charge in [-0.05, 0) is 127 Å². The molecule has 6 saturated carbocycles. The van der Waals surface area contributed by atoms with E-state index in [0.717, 1.165) is 60.8 Å². The standard InChI is InChI=1S/C39H68N2O3/c1-29-11-9-16-36(27-29)40(32-12-5-3-6-13-32)34-23-19-30(20-24-34)31-21-25-35(26-22-31)41(33-14-7-4-8-15-33)37-17-10-18-38(28-37)44-39(42)43-2/h29-38H,3-28H2,1-2H3. The fraction of sp³-hybridized carbons (Fsp3) is 0.974. The minimum Gasteiger partial charge on any atom is -0.438 e. The van der Waals surface area contributed by atoms with Crippen LogP contribution in [0, 0.1) is 17.8 Å². The van der Waals surface area contributed by atoms with Gasteiger partial charge >= 0.3 is 6.16 Å². The van der Waals surface area contributed by atoms with Crippen LogP contribution in [0.3, 0.4) is 0 Å². The molecule has 252 valence electrons. The van der Waals surface area contributed by atoms with E-state index in [1.165, 1.54) is 161 Å². The summed E-state index contributed by atoms with van der Waals surface area (Å²) >= 11 is 0. The summed E-state index contributed by atoms with van der Waals surface area (Å²) in [5.74, 6) is 2.86. The third-order valence-electron chi connectivity index (χ3n) is 13.8. The molecule has 6 aliphatic carbocycles. The lowest BCUT2D eigenvalue weighted by molar-refractivity contribution is -0.0337. The van der Waals surface area contributed by atoms with Crippen molar-refractivity contribution >= 4 is 6.16 Å². The summed E-state index contributed by atoms with van der Waals surface area (Å²) in [5.41, 5.74) is 0. The molecule has 0 aliphatic heterocycles. The molecule has 44 heavy (non-hydrogen) atoms. The molecule has 6 aliphatic rings. The number of methoxy groups -OCH3 is 1. The fourth-order valence-corrected chi connectivity index (χ4v) is 11.6. The number of rotatable bonds is 8. The maximum atomic E-state index is 11.9. The number of carbonyl (C=O) groups is 1. The van der Waals surface area contributed by atoms with Gasteiger partial charge in [-0.2, -0.15) is 0 Å². The average Bonchev–Trinajstić information content (AvgIpc) is 3.07. The number of hydrogen-bond donors (Lipinski definition) is 0. The second-order valence-electron chi connectivity index (χ2n) is 16.6. The highest BCUT2D eigenvalue weighted by molar-refractivity contribution is 5.59. The predicted octanol–water partition coefficient (Wildman–Crippen LogP) is 10.0. The number of nitrogens with zero attached hydrogens (tertiary/aromatic N) is 2. The Morgan fingerprint density at radius 2 is 0.909 bits per heavy atom. The minimum atomic E-state index is -0.495. The Hall–Kier alpha value is -0.810. The summed E-state index contributed by atoms with van der Waals surface area (Å²) in [6.45, 7) is 2.52. The van der Waals surface area contributed by atoms with Crippen LogP contribution >= 0.6 is 0 Å². The summed E-state index contributed by atoms with van der Waals surface area (Å²) in [5, 5.41) is 0. The van der Waals surface area contributed by atoms with Crippen molar-refractivity contribution in [1.29, 1.82) is 0 Å². The van der Waals surface area contributed by atoms with Crippen LogP contribution in [-0.4, -0.2) is 65.4 Å². The van der Waals surface area contributed by atoms with E-state index in [1.807, 2.05) is 0 Å². The maximum Gasteiger partial charge on any atom is 0.508 e. The Bertz CT molecular complexity index is 853. The van der Waals surface area contributed by atoms with Gasteiger partial charge in [-0.15, -0.1) is 0 Å². The molecule has 5 heteroatoms. The fourth-order valence-electron chi connectivity index (χ4n) is 11.6. The molecule has 0 aromatic carbocycles. The van der Waals surface area contributed by atoms with Crippen molar-refractivity contribution in [3.05, 3.63) is 0 Å². The highest BCUT2D eigenvalue weighted by Gasteiger charge is 2.42. The first-order valence-electron chi connectivity index (χ1n) is 19.9. The molecule has 0 heterocycles. The Balaban J connectivity index is 1.04. The average molecular weight is 613 g/mol. The van der Waals surface area contributed by atoms with Crippen molar-refractivity contribution in [3.63, 3.8) is 0 Å². The lowest BCUT2D eigenvalue weighted by atomic mass is 9.70. The highest BCUT2D eigenvalue weighted by atomic mass is 16.7. The van der Waals surface area contributed by atoms with Gasteiger partial charge in [-0.25, -0.2) is 4.79 Å². The van der Waals surface area contributed by atoms with Gasteiger partial charge in [-0.3, -0.25) is 9.80 Å². The van der Waals surface area contributed by atoms with Crippen LogP contribution in [0.5, 0.6) is 0 Å². The van der Waals surface area contributed by atoms with Crippen molar-refractivity contribution in [2.24, 2.45) is 17.8 Å². The number of carbonyl (C=O) groups excluding carboxylic acids is 1. The zero-order chi connectivity index (χ0) is 30.3. The summed E-state index contributed by atoms with van der Waals surface area (Å²) in [4.78, 5) is 18.1. The molecule has 6 rings (SSSR count). The Morgan fingerprint density at radius 3 is 1.39 bits per heavy atom. The molecular formula is C39H68N2O3. The van der Waals surface area contributed by atoms with Crippen LogP contribution in [0.2, 0.25) is 0 Å². The highest BCUT2D eigenvalue weighted by Crippen LogP contribution is 2.45. The Labute approximate surface area is 270 Å². The monoisotopic (exact) mass is 613 g/mol. The normalized spacial score (nSPS) is 38.5. The van der Waals surface area contributed by atoms with Crippen LogP contribution in [-0.2, 0) is 9.47 Å². The molecule has 4 atom stereocenters. The van der Waals surface area contributed by atoms with Gasteiger partial charge < -0.3 is 9.47 Å². The lowest BCUT2D eigenvalue weighted by Gasteiger charge is -2.51. The number of ether oxygens (including phenoxy) is 2. The van der Waals surface area contributed by atoms with Gasteiger partial charge in [0, 0.05) is 42.7 Å². The van der Waals surface area contributed by atoms with Crippen LogP contribution < -0.4 is 0 Å². The zero-order valence-corrected chi connectivity index (χ0v) is 28.8. The molecule has 6 fully saturated rings. The van der Waals surface area contributed by atoms with Gasteiger partial charge in [0.05, 0.1) is 7.11 Å². The molecule has 0 spiro atoms. The van der Waals surface area contributed by atoms with E-state index in [1.54, 1.807) is 0 Å². The molecule has 0 saturated heterocycles. The predicted molar refractivity (Wildman–Crippen MR) is 180 cm³/mol. The summed E-state index contributed by atoms with van der Waals surface area (Å²) in [7, 11) is 1.44. The third-order valence-corrected chi connectivity index (χ3v) is 13.8. The van der Waals surface area contributed by atoms with E-state index in [-0.39, 0.29) is 6.10 Å². The van der Waals surface area contributed by atoms with Gasteiger partial charge in [0.25, 0.3) is 0 Å². The summed E-state index contributed by atoms with van der Waals surface area (Å²) < 4.78 is 10.6. The van der Waals surface area contributed by atoms with Crippen LogP contribution in [0.15, 0.2) is 0 Å². The topological polar surface area (TPSA) is 42.0 Å². The zero-order valence-electron chi connectivity index (χ0n) is 28.8. The largest absolute Gasteiger partial charge is 0.508 e. The smallest absolute Gasteiger partial charge is 0.438 e. The molecule has 4 unspecified atom stereocenters. The third kappa shape index (κ3) is 8.36. The van der Waals surface area contributed by atoms with E-state index in [0.29, 0.717) is 6.04 Å². The van der Waals surface area contributed by atoms with Crippen molar-refractivity contribution < 1.29 is 14.3 Å². The van der Waals surface area contributed by atoms with Crippen LogP contribution in [0.4, 0.5) is 4.79 Å². The second kappa shape index (κ2) is 16.3. The Morgan fingerprint density at radius 1 is 0.477 bits per heavy atom. The second-order valence-corrected chi connectivity index (χ2v) is 16.6. The van der Waals surface area contributed by atoms with Crippen molar-refractivity contribution in [2.45, 2.75) is 216 Å². The van der Waals surface area contributed by atoms with E-state index in [9.17, 15) is 4.79 Å². The first-order valence-corrected chi connectivity index (χ1v) is 19.9. The van der Waals surface area contributed by atoms with Gasteiger partial charge in [-0.1, -0.05) is 58.3 Å². The molecule has 5 nitrogen and oxygen atoms in total. The van der Waals surface area contributed by atoms with Gasteiger partial charge in [0.1, 0.15) is 6.10 Å². The van der Waals surface area contributed by atoms with Crippen molar-refractivity contribution in [2.75, 3.05) is 7.11 Å². The van der Waals surface area contributed by atoms with Gasteiger partial charge in [0.15, 0.2) is 0 Å². The van der Waals surface area contributed by atoms with Crippen LogP contribution in [0.1, 0.15) is 174 Å². The maximum absolute atomic E-state index is 11.9. The number of hydrogen-bond acceptors (Lipinski definition) is 5. The van der Waals surface area contributed by atoms with Gasteiger partial charge in [0.2, 0.25) is 0 Å². The molecule has 0 aromatic rings. The van der Waals surface area contributed by atoms with E-state index in [2.05, 4.69) is 16.7 Å². The molecule has 0 amide bonds.